The fraction of sp³-hybridized carbons (Fsp3) is 1.00. The van der Waals surface area contributed by atoms with Crippen molar-refractivity contribution in [2.24, 2.45) is 0 Å². The molecule has 0 aromatic carbocycles. The lowest BCUT2D eigenvalue weighted by Crippen LogP contribution is -2.63. The third-order valence-corrected chi connectivity index (χ3v) is 2.83. The van der Waals surface area contributed by atoms with Crippen molar-refractivity contribution in [2.75, 3.05) is 46.3 Å². The predicted octanol–water partition coefficient (Wildman–Crippen LogP) is -0.794. The Labute approximate surface area is 68.4 Å². The van der Waals surface area contributed by atoms with Crippen molar-refractivity contribution >= 4 is 0 Å². The van der Waals surface area contributed by atoms with Crippen LogP contribution in [0.25, 0.3) is 0 Å². The molecule has 1 N–H and O–H groups in total. The molecule has 3 rings (SSSR count). The van der Waals surface area contributed by atoms with Gasteiger partial charge in [0, 0.05) is 45.3 Å². The molecule has 64 valence electrons. The fourth-order valence-corrected chi connectivity index (χ4v) is 2.15. The van der Waals surface area contributed by atoms with E-state index in [1.54, 1.807) is 0 Å². The lowest BCUT2D eigenvalue weighted by atomic mass is 10.1. The van der Waals surface area contributed by atoms with Crippen LogP contribution in [0.5, 0.6) is 0 Å². The first-order valence-corrected chi connectivity index (χ1v) is 4.51. The van der Waals surface area contributed by atoms with Crippen molar-refractivity contribution in [1.29, 1.82) is 0 Å². The van der Waals surface area contributed by atoms with Crippen molar-refractivity contribution in [3.05, 3.63) is 0 Å². The van der Waals surface area contributed by atoms with Crippen molar-refractivity contribution in [1.82, 2.24) is 15.1 Å². The Balaban J connectivity index is 1.92. The van der Waals surface area contributed by atoms with E-state index in [2.05, 4.69) is 15.1 Å². The van der Waals surface area contributed by atoms with Crippen LogP contribution in [-0.4, -0.2) is 62.2 Å². The van der Waals surface area contributed by atoms with Gasteiger partial charge in [-0.3, -0.25) is 9.80 Å². The maximum absolute atomic E-state index is 3.25. The summed E-state index contributed by atoms with van der Waals surface area (Å²) in [6.45, 7) is 7.58. The summed E-state index contributed by atoms with van der Waals surface area (Å²) >= 11 is 0. The van der Waals surface area contributed by atoms with Crippen LogP contribution in [0.2, 0.25) is 0 Å². The van der Waals surface area contributed by atoms with E-state index in [9.17, 15) is 0 Å². The lowest BCUT2D eigenvalue weighted by Gasteiger charge is -2.47. The van der Waals surface area contributed by atoms with E-state index in [0.717, 1.165) is 12.6 Å². The Kier molecular flexibility index (Phi) is 2.11. The zero-order chi connectivity index (χ0) is 7.68. The summed E-state index contributed by atoms with van der Waals surface area (Å²) in [5.41, 5.74) is 0. The molecular formula is C8H17N3. The zero-order valence-electron chi connectivity index (χ0n) is 7.21. The number of nitrogens with one attached hydrogen (secondary N) is 1. The molecule has 3 heteroatoms. The number of hydrogen-bond acceptors (Lipinski definition) is 3. The standard InChI is InChI=1S/C8H17N3/c1-9-6-8-7-10-2-4-11(8)5-3-10/h8-9H,2-7H2,1H3. The maximum atomic E-state index is 3.25. The van der Waals surface area contributed by atoms with Gasteiger partial charge in [0.1, 0.15) is 0 Å². The summed E-state index contributed by atoms with van der Waals surface area (Å²) in [6, 6.07) is 0.780. The summed E-state index contributed by atoms with van der Waals surface area (Å²) in [5.74, 6) is 0. The Morgan fingerprint density at radius 2 is 2.00 bits per heavy atom. The maximum Gasteiger partial charge on any atom is 0.0348 e. The number of fused-ring (bicyclic) bond motifs is 3. The molecule has 2 bridgehead atoms. The second kappa shape index (κ2) is 3.09. The highest BCUT2D eigenvalue weighted by molar-refractivity contribution is 4.88. The van der Waals surface area contributed by atoms with Gasteiger partial charge in [0.25, 0.3) is 0 Å². The molecule has 0 amide bonds. The molecule has 0 radical (unpaired) electrons. The summed E-state index contributed by atoms with van der Waals surface area (Å²) in [7, 11) is 2.04. The highest BCUT2D eigenvalue weighted by Crippen LogP contribution is 2.14. The lowest BCUT2D eigenvalue weighted by molar-refractivity contribution is 0.0145. The number of nitrogens with zero attached hydrogens (tertiary/aromatic N) is 2. The average Bonchev–Trinajstić information content (AvgIpc) is 2.07. The van der Waals surface area contributed by atoms with Crippen molar-refractivity contribution in [3.8, 4) is 0 Å². The normalized spacial score (nSPS) is 42.8. The van der Waals surface area contributed by atoms with Crippen LogP contribution in [0.4, 0.5) is 0 Å². The molecule has 0 spiro atoms. The van der Waals surface area contributed by atoms with Gasteiger partial charge < -0.3 is 5.32 Å². The molecule has 3 fully saturated rings. The van der Waals surface area contributed by atoms with Crippen LogP contribution in [0, 0.1) is 0 Å². The smallest absolute Gasteiger partial charge is 0.0348 e. The van der Waals surface area contributed by atoms with Crippen molar-refractivity contribution < 1.29 is 0 Å². The Morgan fingerprint density at radius 1 is 1.27 bits per heavy atom. The SMILES string of the molecule is CNCC1CN2CCN1CC2. The third kappa shape index (κ3) is 1.41. The summed E-state index contributed by atoms with van der Waals surface area (Å²) in [5, 5.41) is 3.25. The average molecular weight is 155 g/mol. The predicted molar refractivity (Wildman–Crippen MR) is 45.7 cm³/mol. The van der Waals surface area contributed by atoms with Crippen LogP contribution in [-0.2, 0) is 0 Å². The van der Waals surface area contributed by atoms with E-state index < -0.39 is 0 Å². The van der Waals surface area contributed by atoms with Gasteiger partial charge in [-0.15, -0.1) is 0 Å². The molecule has 11 heavy (non-hydrogen) atoms. The molecule has 3 saturated heterocycles. The molecule has 0 aromatic rings. The summed E-state index contributed by atoms with van der Waals surface area (Å²) in [4.78, 5) is 5.18. The van der Waals surface area contributed by atoms with Gasteiger partial charge in [-0.25, -0.2) is 0 Å². The Hall–Kier alpha value is -0.120. The topological polar surface area (TPSA) is 18.5 Å². The van der Waals surface area contributed by atoms with Gasteiger partial charge in [0.2, 0.25) is 0 Å². The molecule has 0 saturated carbocycles. The number of hydrogen-bond donors (Lipinski definition) is 1. The van der Waals surface area contributed by atoms with Crippen LogP contribution >= 0.6 is 0 Å². The van der Waals surface area contributed by atoms with Gasteiger partial charge in [0.05, 0.1) is 0 Å². The van der Waals surface area contributed by atoms with Gasteiger partial charge in [-0.05, 0) is 7.05 Å². The van der Waals surface area contributed by atoms with E-state index in [4.69, 9.17) is 0 Å². The van der Waals surface area contributed by atoms with E-state index in [1.165, 1.54) is 32.7 Å². The molecule has 1 unspecified atom stereocenters. The second-order valence-corrected chi connectivity index (χ2v) is 3.55. The Morgan fingerprint density at radius 3 is 2.45 bits per heavy atom. The van der Waals surface area contributed by atoms with Gasteiger partial charge in [-0.2, -0.15) is 0 Å². The molecular weight excluding hydrogens is 138 g/mol. The Bertz CT molecular complexity index is 129. The molecule has 3 aliphatic rings. The molecule has 0 aromatic heterocycles. The molecule has 3 heterocycles. The number of piperazine rings is 3. The molecule has 0 aliphatic carbocycles. The monoisotopic (exact) mass is 155 g/mol. The van der Waals surface area contributed by atoms with E-state index in [-0.39, 0.29) is 0 Å². The summed E-state index contributed by atoms with van der Waals surface area (Å²) in [6.07, 6.45) is 0. The van der Waals surface area contributed by atoms with Crippen LogP contribution < -0.4 is 5.32 Å². The van der Waals surface area contributed by atoms with Crippen molar-refractivity contribution in [3.63, 3.8) is 0 Å². The van der Waals surface area contributed by atoms with Gasteiger partial charge >= 0.3 is 0 Å². The third-order valence-electron chi connectivity index (χ3n) is 2.83. The first kappa shape index (κ1) is 7.53. The quantitative estimate of drug-likeness (QED) is 0.563. The van der Waals surface area contributed by atoms with Crippen LogP contribution in [0.3, 0.4) is 0 Å². The fourth-order valence-electron chi connectivity index (χ4n) is 2.15. The minimum atomic E-state index is 0.780. The van der Waals surface area contributed by atoms with Crippen LogP contribution in [0.15, 0.2) is 0 Å². The van der Waals surface area contributed by atoms with E-state index in [1.807, 2.05) is 7.05 Å². The van der Waals surface area contributed by atoms with E-state index >= 15 is 0 Å². The number of likely N-dealkylation sites (N-methyl/N-ethyl adjacent to an activating group) is 1. The molecule has 1 atom stereocenters. The highest BCUT2D eigenvalue weighted by Gasteiger charge is 2.30. The molecule has 3 aliphatic heterocycles. The first-order valence-electron chi connectivity index (χ1n) is 4.51. The van der Waals surface area contributed by atoms with Gasteiger partial charge in [0.15, 0.2) is 0 Å². The first-order chi connectivity index (χ1) is 5.40. The van der Waals surface area contributed by atoms with E-state index in [0.29, 0.717) is 0 Å². The number of rotatable bonds is 2. The minimum Gasteiger partial charge on any atom is -0.318 e. The highest BCUT2D eigenvalue weighted by atomic mass is 15.3. The van der Waals surface area contributed by atoms with Gasteiger partial charge in [-0.1, -0.05) is 0 Å². The summed E-state index contributed by atoms with van der Waals surface area (Å²) < 4.78 is 0. The second-order valence-electron chi connectivity index (χ2n) is 3.55. The molecule has 3 nitrogen and oxygen atoms in total. The van der Waals surface area contributed by atoms with Crippen LogP contribution in [0.1, 0.15) is 0 Å². The largest absolute Gasteiger partial charge is 0.318 e. The zero-order valence-corrected chi connectivity index (χ0v) is 7.21. The van der Waals surface area contributed by atoms with Crippen molar-refractivity contribution in [2.45, 2.75) is 6.04 Å². The minimum absolute atomic E-state index is 0.780.